The van der Waals surface area contributed by atoms with E-state index in [0.717, 1.165) is 5.92 Å². The van der Waals surface area contributed by atoms with Crippen LogP contribution in [0.1, 0.15) is 71.1 Å². The second kappa shape index (κ2) is 4.40. The molecular weight excluding hydrogens is 216 g/mol. The van der Waals surface area contributed by atoms with E-state index in [0.29, 0.717) is 10.8 Å². The number of hydrogen-bond acceptors (Lipinski definition) is 0. The number of hydrogen-bond donors (Lipinski definition) is 0. The fourth-order valence-corrected chi connectivity index (χ4v) is 3.23. The fourth-order valence-electron chi connectivity index (χ4n) is 3.23. The topological polar surface area (TPSA) is 0 Å². The van der Waals surface area contributed by atoms with Crippen molar-refractivity contribution < 1.29 is 0 Å². The summed E-state index contributed by atoms with van der Waals surface area (Å²) in [5.74, 6) is 0.739. The van der Waals surface area contributed by atoms with E-state index in [1.807, 2.05) is 0 Å². The van der Waals surface area contributed by atoms with Crippen LogP contribution in [-0.2, 0) is 17.3 Å². The third-order valence-corrected chi connectivity index (χ3v) is 4.56. The smallest absolute Gasteiger partial charge is 0.0100 e. The molecule has 0 N–H and O–H groups in total. The van der Waals surface area contributed by atoms with Crippen LogP contribution < -0.4 is 0 Å². The Bertz CT molecular complexity index is 435. The summed E-state index contributed by atoms with van der Waals surface area (Å²) in [7, 11) is 0. The van der Waals surface area contributed by atoms with Crippen molar-refractivity contribution in [2.24, 2.45) is 5.92 Å². The summed E-state index contributed by atoms with van der Waals surface area (Å²) in [6.45, 7) is 14.2. The first-order chi connectivity index (χ1) is 8.22. The Kier molecular flexibility index (Phi) is 3.34. The van der Waals surface area contributed by atoms with Gasteiger partial charge in [0, 0.05) is 0 Å². The van der Waals surface area contributed by atoms with Crippen molar-refractivity contribution in [3.05, 3.63) is 34.9 Å². The molecule has 0 spiro atoms. The molecular formula is C18H28. The van der Waals surface area contributed by atoms with E-state index in [9.17, 15) is 0 Å². The van der Waals surface area contributed by atoms with Gasteiger partial charge in [0.1, 0.15) is 0 Å². The first-order valence-corrected chi connectivity index (χ1v) is 7.36. The first kappa shape index (κ1) is 13.6. The van der Waals surface area contributed by atoms with Crippen molar-refractivity contribution in [3.8, 4) is 0 Å². The normalized spacial score (nSPS) is 20.8. The molecule has 0 amide bonds. The summed E-state index contributed by atoms with van der Waals surface area (Å²) in [5, 5.41) is 0. The van der Waals surface area contributed by atoms with Crippen LogP contribution in [-0.4, -0.2) is 0 Å². The fraction of sp³-hybridized carbons (Fsp3) is 0.667. The molecule has 1 aromatic carbocycles. The Morgan fingerprint density at radius 1 is 0.944 bits per heavy atom. The van der Waals surface area contributed by atoms with Gasteiger partial charge >= 0.3 is 0 Å². The first-order valence-electron chi connectivity index (χ1n) is 7.36. The molecule has 1 aliphatic rings. The van der Waals surface area contributed by atoms with Crippen LogP contribution in [0.3, 0.4) is 0 Å². The molecule has 0 heterocycles. The summed E-state index contributed by atoms with van der Waals surface area (Å²) in [5.41, 5.74) is 5.37. The van der Waals surface area contributed by atoms with Gasteiger partial charge in [-0.25, -0.2) is 0 Å². The Hall–Kier alpha value is -0.780. The van der Waals surface area contributed by atoms with Crippen molar-refractivity contribution in [2.45, 2.75) is 71.6 Å². The van der Waals surface area contributed by atoms with Gasteiger partial charge in [-0.05, 0) is 52.7 Å². The minimum atomic E-state index is 0.345. The zero-order valence-corrected chi connectivity index (χ0v) is 12.9. The van der Waals surface area contributed by atoms with Gasteiger partial charge in [-0.3, -0.25) is 0 Å². The maximum Gasteiger partial charge on any atom is -0.0100 e. The summed E-state index contributed by atoms with van der Waals surface area (Å²) < 4.78 is 0. The van der Waals surface area contributed by atoms with Gasteiger partial charge in [0.15, 0.2) is 0 Å². The van der Waals surface area contributed by atoms with Crippen molar-refractivity contribution >= 4 is 0 Å². The Balaban J connectivity index is 2.48. The maximum atomic E-state index is 2.48. The van der Waals surface area contributed by atoms with Crippen LogP contribution in [0, 0.1) is 5.92 Å². The van der Waals surface area contributed by atoms with Crippen molar-refractivity contribution in [1.29, 1.82) is 0 Å². The summed E-state index contributed by atoms with van der Waals surface area (Å²) in [6.07, 6.45) is 3.80. The molecule has 0 atom stereocenters. The van der Waals surface area contributed by atoms with Crippen LogP contribution in [0.25, 0.3) is 0 Å². The molecule has 0 aromatic heterocycles. The zero-order valence-electron chi connectivity index (χ0n) is 12.9. The van der Waals surface area contributed by atoms with Crippen LogP contribution in [0.4, 0.5) is 0 Å². The van der Waals surface area contributed by atoms with Gasteiger partial charge in [-0.15, -0.1) is 0 Å². The highest BCUT2D eigenvalue weighted by Gasteiger charge is 2.36. The third kappa shape index (κ3) is 2.48. The molecule has 18 heavy (non-hydrogen) atoms. The quantitative estimate of drug-likeness (QED) is 0.668. The molecule has 1 aliphatic carbocycles. The highest BCUT2D eigenvalue weighted by atomic mass is 14.4. The minimum absolute atomic E-state index is 0.345. The summed E-state index contributed by atoms with van der Waals surface area (Å²) in [6, 6.07) is 7.23. The molecule has 0 saturated carbocycles. The predicted octanol–water partition coefficient (Wildman–Crippen LogP) is 5.23. The maximum absolute atomic E-state index is 2.48. The predicted molar refractivity (Wildman–Crippen MR) is 80.3 cm³/mol. The van der Waals surface area contributed by atoms with Gasteiger partial charge in [0.25, 0.3) is 0 Å². The van der Waals surface area contributed by atoms with E-state index < -0.39 is 0 Å². The molecule has 100 valence electrons. The second-order valence-electron chi connectivity index (χ2n) is 7.75. The van der Waals surface area contributed by atoms with E-state index in [-0.39, 0.29) is 0 Å². The van der Waals surface area contributed by atoms with Gasteiger partial charge in [0.2, 0.25) is 0 Å². The monoisotopic (exact) mass is 244 g/mol. The zero-order chi connectivity index (χ0) is 13.6. The molecule has 0 bridgehead atoms. The molecule has 0 unspecified atom stereocenters. The molecule has 0 fully saturated rings. The lowest BCUT2D eigenvalue weighted by Gasteiger charge is -2.42. The Morgan fingerprint density at radius 3 is 2.06 bits per heavy atom. The van der Waals surface area contributed by atoms with Crippen molar-refractivity contribution in [2.75, 3.05) is 0 Å². The second-order valence-corrected chi connectivity index (χ2v) is 7.75. The van der Waals surface area contributed by atoms with Crippen LogP contribution in [0.2, 0.25) is 0 Å². The molecule has 0 saturated heterocycles. The van der Waals surface area contributed by atoms with Crippen LogP contribution in [0.15, 0.2) is 18.2 Å². The Morgan fingerprint density at radius 2 is 1.50 bits per heavy atom. The van der Waals surface area contributed by atoms with E-state index in [2.05, 4.69) is 59.7 Å². The van der Waals surface area contributed by atoms with Gasteiger partial charge < -0.3 is 0 Å². The third-order valence-electron chi connectivity index (χ3n) is 4.56. The van der Waals surface area contributed by atoms with Crippen molar-refractivity contribution in [3.63, 3.8) is 0 Å². The van der Waals surface area contributed by atoms with Crippen LogP contribution >= 0.6 is 0 Å². The van der Waals surface area contributed by atoms with E-state index in [1.54, 1.807) is 11.1 Å². The molecule has 0 radical (unpaired) electrons. The molecule has 0 nitrogen and oxygen atoms in total. The average molecular weight is 244 g/mol. The van der Waals surface area contributed by atoms with E-state index >= 15 is 0 Å². The highest BCUT2D eigenvalue weighted by molar-refractivity contribution is 5.43. The highest BCUT2D eigenvalue weighted by Crippen LogP contribution is 2.45. The lowest BCUT2D eigenvalue weighted by atomic mass is 9.63. The molecule has 0 aliphatic heterocycles. The summed E-state index contributed by atoms with van der Waals surface area (Å²) >= 11 is 0. The molecule has 2 rings (SSSR count). The van der Waals surface area contributed by atoms with E-state index in [1.165, 1.54) is 24.8 Å². The van der Waals surface area contributed by atoms with Crippen LogP contribution in [0.5, 0.6) is 0 Å². The average Bonchev–Trinajstić information content (AvgIpc) is 2.24. The number of benzene rings is 1. The largest absolute Gasteiger partial charge is 0.0625 e. The van der Waals surface area contributed by atoms with E-state index in [4.69, 9.17) is 0 Å². The van der Waals surface area contributed by atoms with Crippen molar-refractivity contribution in [1.82, 2.24) is 0 Å². The van der Waals surface area contributed by atoms with Gasteiger partial charge in [-0.2, -0.15) is 0 Å². The van der Waals surface area contributed by atoms with Gasteiger partial charge in [0.05, 0.1) is 0 Å². The Labute approximate surface area is 113 Å². The standard InChI is InChI=1S/C18H28/c1-13(2)11-14-7-8-15-16(12-14)18(5,6)10-9-17(15,3)4/h7-8,12-13H,9-11H2,1-6H3. The molecule has 1 aromatic rings. The lowest BCUT2D eigenvalue weighted by molar-refractivity contribution is 0.331. The minimum Gasteiger partial charge on any atom is -0.0625 e. The number of rotatable bonds is 2. The lowest BCUT2D eigenvalue weighted by Crippen LogP contribution is -2.33. The SMILES string of the molecule is CC(C)Cc1ccc2c(c1)C(C)(C)CCC2(C)C. The summed E-state index contributed by atoms with van der Waals surface area (Å²) in [4.78, 5) is 0. The van der Waals surface area contributed by atoms with Gasteiger partial charge in [-0.1, -0.05) is 59.7 Å². The number of fused-ring (bicyclic) bond motifs is 1. The molecule has 0 heteroatoms.